The fraction of sp³-hybridized carbons (Fsp3) is 0.0526. The summed E-state index contributed by atoms with van der Waals surface area (Å²) in [6.07, 6.45) is 4.15. The molecular formula is C19H15NO3. The Morgan fingerprint density at radius 1 is 1.09 bits per heavy atom. The van der Waals surface area contributed by atoms with Crippen molar-refractivity contribution in [1.82, 2.24) is 0 Å². The van der Waals surface area contributed by atoms with Crippen molar-refractivity contribution >= 4 is 28.6 Å². The molecule has 23 heavy (non-hydrogen) atoms. The highest BCUT2D eigenvalue weighted by Crippen LogP contribution is 2.14. The van der Waals surface area contributed by atoms with E-state index in [9.17, 15) is 9.59 Å². The normalized spacial score (nSPS) is 11.0. The molecule has 0 radical (unpaired) electrons. The highest BCUT2D eigenvalue weighted by molar-refractivity contribution is 6.02. The number of benzene rings is 2. The van der Waals surface area contributed by atoms with Gasteiger partial charge in [-0.15, -0.1) is 0 Å². The Kier molecular flexibility index (Phi) is 4.06. The van der Waals surface area contributed by atoms with E-state index in [0.29, 0.717) is 16.5 Å². The molecule has 0 aliphatic carbocycles. The van der Waals surface area contributed by atoms with Crippen LogP contribution in [0.1, 0.15) is 11.1 Å². The van der Waals surface area contributed by atoms with E-state index in [1.165, 1.54) is 18.4 Å². The first kappa shape index (κ1) is 14.8. The molecule has 1 heterocycles. The highest BCUT2D eigenvalue weighted by atomic mass is 16.3. The molecule has 0 atom stereocenters. The van der Waals surface area contributed by atoms with Crippen LogP contribution in [-0.4, -0.2) is 5.91 Å². The molecule has 3 aromatic rings. The SMILES string of the molecule is Cc1ccccc1NC(=O)/C=C/c1coc2ccccc2c1=O. The minimum atomic E-state index is -0.299. The zero-order valence-electron chi connectivity index (χ0n) is 12.6. The Labute approximate surface area is 133 Å². The summed E-state index contributed by atoms with van der Waals surface area (Å²) in [5.74, 6) is -0.299. The maximum atomic E-state index is 12.3. The molecule has 4 heteroatoms. The van der Waals surface area contributed by atoms with Gasteiger partial charge < -0.3 is 9.73 Å². The van der Waals surface area contributed by atoms with Gasteiger partial charge in [-0.25, -0.2) is 0 Å². The third kappa shape index (κ3) is 3.21. The smallest absolute Gasteiger partial charge is 0.248 e. The molecule has 1 aromatic heterocycles. The number of nitrogens with one attached hydrogen (secondary N) is 1. The number of para-hydroxylation sites is 2. The summed E-state index contributed by atoms with van der Waals surface area (Å²) in [4.78, 5) is 24.3. The second-order valence-electron chi connectivity index (χ2n) is 5.15. The van der Waals surface area contributed by atoms with Crippen LogP contribution in [0.15, 0.2) is 70.1 Å². The van der Waals surface area contributed by atoms with Crippen LogP contribution in [0.25, 0.3) is 17.0 Å². The van der Waals surface area contributed by atoms with Crippen LogP contribution in [0.5, 0.6) is 0 Å². The van der Waals surface area contributed by atoms with Crippen molar-refractivity contribution in [2.45, 2.75) is 6.92 Å². The van der Waals surface area contributed by atoms with Gasteiger partial charge in [0.25, 0.3) is 0 Å². The van der Waals surface area contributed by atoms with Crippen LogP contribution >= 0.6 is 0 Å². The first-order chi connectivity index (χ1) is 11.1. The number of anilines is 1. The van der Waals surface area contributed by atoms with Gasteiger partial charge >= 0.3 is 0 Å². The summed E-state index contributed by atoms with van der Waals surface area (Å²) in [7, 11) is 0. The van der Waals surface area contributed by atoms with E-state index >= 15 is 0 Å². The van der Waals surface area contributed by atoms with E-state index in [2.05, 4.69) is 5.32 Å². The van der Waals surface area contributed by atoms with E-state index in [1.54, 1.807) is 24.3 Å². The topological polar surface area (TPSA) is 59.3 Å². The lowest BCUT2D eigenvalue weighted by Crippen LogP contribution is -2.10. The highest BCUT2D eigenvalue weighted by Gasteiger charge is 2.05. The lowest BCUT2D eigenvalue weighted by molar-refractivity contribution is -0.111. The van der Waals surface area contributed by atoms with Gasteiger partial charge in [-0.3, -0.25) is 9.59 Å². The molecule has 1 N–H and O–H groups in total. The predicted octanol–water partition coefficient (Wildman–Crippen LogP) is 3.75. The molecule has 0 bridgehead atoms. The molecule has 0 saturated heterocycles. The fourth-order valence-electron chi connectivity index (χ4n) is 2.26. The molecule has 0 saturated carbocycles. The van der Waals surface area contributed by atoms with Gasteiger partial charge in [0.2, 0.25) is 5.91 Å². The lowest BCUT2D eigenvalue weighted by Gasteiger charge is -2.05. The molecule has 0 aliphatic rings. The summed E-state index contributed by atoms with van der Waals surface area (Å²) < 4.78 is 5.41. The zero-order chi connectivity index (χ0) is 16.2. The first-order valence-electron chi connectivity index (χ1n) is 7.20. The van der Waals surface area contributed by atoms with Crippen LogP contribution in [0.2, 0.25) is 0 Å². The summed E-state index contributed by atoms with van der Waals surface area (Å²) in [6, 6.07) is 14.5. The van der Waals surface area contributed by atoms with Crippen LogP contribution in [0.4, 0.5) is 5.69 Å². The Morgan fingerprint density at radius 3 is 2.65 bits per heavy atom. The van der Waals surface area contributed by atoms with Crippen molar-refractivity contribution in [3.8, 4) is 0 Å². The van der Waals surface area contributed by atoms with E-state index in [0.717, 1.165) is 11.3 Å². The van der Waals surface area contributed by atoms with Gasteiger partial charge in [0.05, 0.1) is 10.9 Å². The first-order valence-corrected chi connectivity index (χ1v) is 7.20. The van der Waals surface area contributed by atoms with E-state index in [-0.39, 0.29) is 11.3 Å². The van der Waals surface area contributed by atoms with E-state index in [1.807, 2.05) is 31.2 Å². The molecular weight excluding hydrogens is 290 g/mol. The largest absolute Gasteiger partial charge is 0.463 e. The quantitative estimate of drug-likeness (QED) is 0.750. The number of amides is 1. The zero-order valence-corrected chi connectivity index (χ0v) is 12.6. The van der Waals surface area contributed by atoms with Gasteiger partial charge in [-0.1, -0.05) is 30.3 Å². The van der Waals surface area contributed by atoms with Crippen molar-refractivity contribution in [3.63, 3.8) is 0 Å². The van der Waals surface area contributed by atoms with Crippen molar-refractivity contribution in [1.29, 1.82) is 0 Å². The van der Waals surface area contributed by atoms with E-state index in [4.69, 9.17) is 4.42 Å². The van der Waals surface area contributed by atoms with Gasteiger partial charge in [0, 0.05) is 11.8 Å². The number of fused-ring (bicyclic) bond motifs is 1. The molecule has 1 amide bonds. The second-order valence-corrected chi connectivity index (χ2v) is 5.15. The number of aryl methyl sites for hydroxylation is 1. The lowest BCUT2D eigenvalue weighted by atomic mass is 10.1. The number of carbonyl (C=O) groups excluding carboxylic acids is 1. The maximum Gasteiger partial charge on any atom is 0.248 e. The Hall–Kier alpha value is -3.14. The molecule has 0 aliphatic heterocycles. The van der Waals surface area contributed by atoms with Crippen molar-refractivity contribution < 1.29 is 9.21 Å². The Balaban J connectivity index is 1.83. The fourth-order valence-corrected chi connectivity index (χ4v) is 2.26. The van der Waals surface area contributed by atoms with Crippen LogP contribution in [-0.2, 0) is 4.79 Å². The Morgan fingerprint density at radius 2 is 1.83 bits per heavy atom. The summed E-state index contributed by atoms with van der Waals surface area (Å²) >= 11 is 0. The predicted molar refractivity (Wildman–Crippen MR) is 91.3 cm³/mol. The summed E-state index contributed by atoms with van der Waals surface area (Å²) in [5.41, 5.74) is 2.42. The molecule has 114 valence electrons. The number of carbonyl (C=O) groups is 1. The summed E-state index contributed by atoms with van der Waals surface area (Å²) in [5, 5.41) is 3.27. The number of hydrogen-bond acceptors (Lipinski definition) is 3. The van der Waals surface area contributed by atoms with E-state index < -0.39 is 0 Å². The third-order valence-electron chi connectivity index (χ3n) is 3.52. The number of rotatable bonds is 3. The second kappa shape index (κ2) is 6.32. The van der Waals surface area contributed by atoms with Crippen molar-refractivity contribution in [2.75, 3.05) is 5.32 Å². The monoisotopic (exact) mass is 305 g/mol. The maximum absolute atomic E-state index is 12.3. The molecule has 4 nitrogen and oxygen atoms in total. The molecule has 0 unspecified atom stereocenters. The van der Waals surface area contributed by atoms with Gasteiger partial charge in [-0.05, 0) is 36.8 Å². The van der Waals surface area contributed by atoms with Crippen molar-refractivity contribution in [3.05, 3.63) is 82.2 Å². The summed E-state index contributed by atoms with van der Waals surface area (Å²) in [6.45, 7) is 1.91. The van der Waals surface area contributed by atoms with Gasteiger partial charge in [0.1, 0.15) is 11.8 Å². The molecule has 0 spiro atoms. The van der Waals surface area contributed by atoms with Crippen molar-refractivity contribution in [2.24, 2.45) is 0 Å². The molecule has 0 fully saturated rings. The standard InChI is InChI=1S/C19H15NO3/c1-13-6-2-4-8-16(13)20-18(21)11-10-14-12-23-17-9-5-3-7-15(17)19(14)22/h2-12H,1H3,(H,20,21)/b11-10+. The third-order valence-corrected chi connectivity index (χ3v) is 3.52. The van der Waals surface area contributed by atoms with Crippen LogP contribution in [0, 0.1) is 6.92 Å². The Bertz CT molecular complexity index is 954. The molecule has 2 aromatic carbocycles. The van der Waals surface area contributed by atoms with Gasteiger partial charge in [0.15, 0.2) is 5.43 Å². The van der Waals surface area contributed by atoms with Crippen LogP contribution in [0.3, 0.4) is 0 Å². The molecule has 3 rings (SSSR count). The van der Waals surface area contributed by atoms with Gasteiger partial charge in [-0.2, -0.15) is 0 Å². The minimum absolute atomic E-state index is 0.160. The minimum Gasteiger partial charge on any atom is -0.463 e. The average molecular weight is 305 g/mol. The number of hydrogen-bond donors (Lipinski definition) is 1. The average Bonchev–Trinajstić information content (AvgIpc) is 2.57. The van der Waals surface area contributed by atoms with Crippen LogP contribution < -0.4 is 10.7 Å².